The molecule has 2 heterocycles. The number of rotatable bonds is 6. The third-order valence-corrected chi connectivity index (χ3v) is 7.41. The van der Waals surface area contributed by atoms with Crippen molar-refractivity contribution in [2.24, 2.45) is 5.84 Å². The van der Waals surface area contributed by atoms with E-state index in [1.54, 1.807) is 13.3 Å². The van der Waals surface area contributed by atoms with Crippen LogP contribution in [0.3, 0.4) is 0 Å². The maximum atomic E-state index is 5.89. The molecule has 3 N–H and O–H groups in total. The maximum absolute atomic E-state index is 5.89. The first-order valence-electron chi connectivity index (χ1n) is 7.45. The van der Waals surface area contributed by atoms with Gasteiger partial charge in [-0.15, -0.1) is 0 Å². The fourth-order valence-corrected chi connectivity index (χ4v) is 5.66. The summed E-state index contributed by atoms with van der Waals surface area (Å²) in [5.41, 5.74) is 4.08. The predicted octanol–water partition coefficient (Wildman–Crippen LogP) is 2.43. The van der Waals surface area contributed by atoms with Crippen LogP contribution in [0.1, 0.15) is 38.9 Å². The molecule has 1 aromatic heterocycles. The van der Waals surface area contributed by atoms with Crippen LogP contribution in [0, 0.1) is 0 Å². The van der Waals surface area contributed by atoms with Crippen molar-refractivity contribution in [3.63, 3.8) is 0 Å². The number of nitrogens with zero attached hydrogens (tertiary/aromatic N) is 2. The minimum atomic E-state index is 0.0569. The first kappa shape index (κ1) is 17.0. The Morgan fingerprint density at radius 1 is 1.52 bits per heavy atom. The lowest BCUT2D eigenvalue weighted by Gasteiger charge is -2.35. The monoisotopic (exact) mass is 330 g/mol. The van der Waals surface area contributed by atoms with Gasteiger partial charge in [0.1, 0.15) is 0 Å². The van der Waals surface area contributed by atoms with Gasteiger partial charge in [0.05, 0.1) is 25.0 Å². The van der Waals surface area contributed by atoms with Gasteiger partial charge in [-0.25, -0.2) is 0 Å². The molecule has 21 heavy (non-hydrogen) atoms. The predicted molar refractivity (Wildman–Crippen MR) is 91.9 cm³/mol. The summed E-state index contributed by atoms with van der Waals surface area (Å²) in [6.07, 6.45) is 2.83. The standard InChI is InChI=1S/C14H26N4OS2/c1-5-6-18-14(11(19-4)7-16-18)13(17-15)12-8-20-9(2)10(3)21-12/h7,9-10,12-13,17H,5-6,8,15H2,1-4H3. The van der Waals surface area contributed by atoms with E-state index in [9.17, 15) is 0 Å². The largest absolute Gasteiger partial charge is 0.493 e. The van der Waals surface area contributed by atoms with E-state index in [0.717, 1.165) is 30.2 Å². The number of thioether (sulfide) groups is 2. The van der Waals surface area contributed by atoms with Crippen LogP contribution in [0.4, 0.5) is 0 Å². The lowest BCUT2D eigenvalue weighted by atomic mass is 10.1. The molecule has 4 atom stereocenters. The number of ether oxygens (including phenoxy) is 1. The van der Waals surface area contributed by atoms with E-state index in [4.69, 9.17) is 10.6 Å². The molecule has 2 rings (SSSR count). The van der Waals surface area contributed by atoms with Crippen molar-refractivity contribution in [1.82, 2.24) is 15.2 Å². The van der Waals surface area contributed by atoms with Gasteiger partial charge in [-0.1, -0.05) is 20.8 Å². The third kappa shape index (κ3) is 3.70. The van der Waals surface area contributed by atoms with Crippen LogP contribution in [0.5, 0.6) is 5.75 Å². The summed E-state index contributed by atoms with van der Waals surface area (Å²) in [6.45, 7) is 7.62. The molecule has 5 nitrogen and oxygen atoms in total. The molecule has 0 saturated carbocycles. The first-order chi connectivity index (χ1) is 10.1. The average molecular weight is 331 g/mol. The summed E-state index contributed by atoms with van der Waals surface area (Å²) < 4.78 is 7.52. The molecule has 0 spiro atoms. The van der Waals surface area contributed by atoms with Crippen molar-refractivity contribution >= 4 is 23.5 Å². The van der Waals surface area contributed by atoms with Crippen molar-refractivity contribution in [2.75, 3.05) is 12.9 Å². The zero-order chi connectivity index (χ0) is 15.4. The van der Waals surface area contributed by atoms with Crippen molar-refractivity contribution in [2.45, 2.75) is 55.5 Å². The zero-order valence-corrected chi connectivity index (χ0v) is 14.8. The second-order valence-electron chi connectivity index (χ2n) is 5.38. The molecule has 1 aliphatic rings. The Kier molecular flexibility index (Phi) is 6.28. The summed E-state index contributed by atoms with van der Waals surface area (Å²) in [6, 6.07) is 0.0569. The lowest BCUT2D eigenvalue weighted by molar-refractivity contribution is 0.390. The van der Waals surface area contributed by atoms with Gasteiger partial charge >= 0.3 is 0 Å². The Morgan fingerprint density at radius 3 is 2.86 bits per heavy atom. The highest BCUT2D eigenvalue weighted by atomic mass is 32.2. The topological polar surface area (TPSA) is 65.1 Å². The maximum Gasteiger partial charge on any atom is 0.161 e. The van der Waals surface area contributed by atoms with Crippen LogP contribution in [-0.4, -0.2) is 38.4 Å². The van der Waals surface area contributed by atoms with Gasteiger partial charge in [0.25, 0.3) is 0 Å². The van der Waals surface area contributed by atoms with E-state index in [-0.39, 0.29) is 6.04 Å². The van der Waals surface area contributed by atoms with E-state index in [1.165, 1.54) is 0 Å². The van der Waals surface area contributed by atoms with Crippen LogP contribution in [-0.2, 0) is 6.54 Å². The number of nitrogens with one attached hydrogen (secondary N) is 1. The van der Waals surface area contributed by atoms with E-state index in [1.807, 2.05) is 28.2 Å². The van der Waals surface area contributed by atoms with Crippen LogP contribution in [0.2, 0.25) is 0 Å². The number of hydrazine groups is 1. The van der Waals surface area contributed by atoms with Gasteiger partial charge in [0.15, 0.2) is 5.75 Å². The number of nitrogens with two attached hydrogens (primary N) is 1. The molecule has 1 saturated heterocycles. The highest BCUT2D eigenvalue weighted by Crippen LogP contribution is 2.42. The van der Waals surface area contributed by atoms with Crippen LogP contribution in [0.15, 0.2) is 6.20 Å². The van der Waals surface area contributed by atoms with Crippen LogP contribution >= 0.6 is 23.5 Å². The molecule has 1 aliphatic heterocycles. The Morgan fingerprint density at radius 2 is 2.29 bits per heavy atom. The summed E-state index contributed by atoms with van der Waals surface area (Å²) in [5, 5.41) is 6.19. The van der Waals surface area contributed by atoms with Crippen molar-refractivity contribution in [3.8, 4) is 5.75 Å². The number of hydrogen-bond donors (Lipinski definition) is 2. The molecule has 0 aromatic carbocycles. The molecule has 0 aliphatic carbocycles. The summed E-state index contributed by atoms with van der Waals surface area (Å²) in [4.78, 5) is 0. The first-order valence-corrected chi connectivity index (χ1v) is 9.44. The third-order valence-electron chi connectivity index (χ3n) is 3.92. The molecule has 0 radical (unpaired) electrons. The Balaban J connectivity index is 2.26. The number of aromatic nitrogens is 2. The number of hydrogen-bond acceptors (Lipinski definition) is 6. The van der Waals surface area contributed by atoms with Gasteiger partial charge in [-0.2, -0.15) is 28.6 Å². The van der Waals surface area contributed by atoms with E-state index < -0.39 is 0 Å². The molecule has 1 aromatic rings. The Hall–Kier alpha value is -0.370. The van der Waals surface area contributed by atoms with E-state index in [2.05, 4.69) is 31.3 Å². The fraction of sp³-hybridized carbons (Fsp3) is 0.786. The van der Waals surface area contributed by atoms with E-state index >= 15 is 0 Å². The average Bonchev–Trinajstić information content (AvgIpc) is 2.87. The van der Waals surface area contributed by atoms with Gasteiger partial charge in [-0.3, -0.25) is 16.0 Å². The Labute approximate surface area is 135 Å². The van der Waals surface area contributed by atoms with Crippen molar-refractivity contribution in [1.29, 1.82) is 0 Å². The smallest absolute Gasteiger partial charge is 0.161 e. The molecular formula is C14H26N4OS2. The van der Waals surface area contributed by atoms with Gasteiger partial charge in [0.2, 0.25) is 0 Å². The lowest BCUT2D eigenvalue weighted by Crippen LogP contribution is -2.41. The summed E-state index contributed by atoms with van der Waals surface area (Å²) in [7, 11) is 1.69. The molecule has 4 unspecified atom stereocenters. The van der Waals surface area contributed by atoms with Gasteiger partial charge in [0, 0.05) is 28.0 Å². The SMILES string of the molecule is CCCn1ncc(OC)c1C(NN)C1CSC(C)C(C)S1. The highest BCUT2D eigenvalue weighted by molar-refractivity contribution is 8.07. The van der Waals surface area contributed by atoms with Crippen LogP contribution < -0.4 is 16.0 Å². The molecule has 120 valence electrons. The molecule has 1 fully saturated rings. The zero-order valence-electron chi connectivity index (χ0n) is 13.2. The second-order valence-corrected chi connectivity index (χ2v) is 8.42. The van der Waals surface area contributed by atoms with Gasteiger partial charge < -0.3 is 4.74 Å². The minimum absolute atomic E-state index is 0.0569. The molecule has 0 amide bonds. The quantitative estimate of drug-likeness (QED) is 0.617. The normalized spacial score (nSPS) is 27.6. The van der Waals surface area contributed by atoms with Crippen molar-refractivity contribution < 1.29 is 4.74 Å². The molecule has 7 heteroatoms. The van der Waals surface area contributed by atoms with Crippen LogP contribution in [0.25, 0.3) is 0 Å². The van der Waals surface area contributed by atoms with E-state index in [0.29, 0.717) is 15.7 Å². The molecule has 0 bridgehead atoms. The number of methoxy groups -OCH3 is 1. The number of aryl methyl sites for hydroxylation is 1. The highest BCUT2D eigenvalue weighted by Gasteiger charge is 2.35. The van der Waals surface area contributed by atoms with Gasteiger partial charge in [-0.05, 0) is 6.42 Å². The Bertz CT molecular complexity index is 454. The minimum Gasteiger partial charge on any atom is -0.493 e. The summed E-state index contributed by atoms with van der Waals surface area (Å²) in [5.74, 6) is 7.81. The second kappa shape index (κ2) is 7.76. The molecular weight excluding hydrogens is 304 g/mol. The fourth-order valence-electron chi connectivity index (χ4n) is 2.58. The summed E-state index contributed by atoms with van der Waals surface area (Å²) >= 11 is 4.03. The van der Waals surface area contributed by atoms with Crippen molar-refractivity contribution in [3.05, 3.63) is 11.9 Å².